The van der Waals surface area contributed by atoms with Gasteiger partial charge in [-0.1, -0.05) is 11.6 Å². The van der Waals surface area contributed by atoms with Crippen molar-refractivity contribution in [2.75, 3.05) is 6.54 Å². The van der Waals surface area contributed by atoms with Gasteiger partial charge in [0.2, 0.25) is 5.91 Å². The van der Waals surface area contributed by atoms with Crippen molar-refractivity contribution in [3.8, 4) is 0 Å². The average molecular weight is 218 g/mol. The summed E-state index contributed by atoms with van der Waals surface area (Å²) in [7, 11) is 0. The predicted octanol–water partition coefficient (Wildman–Crippen LogP) is 2.77. The highest BCUT2D eigenvalue weighted by molar-refractivity contribution is 7.16. The second-order valence-electron chi connectivity index (χ2n) is 2.74. The molecule has 0 radical (unpaired) electrons. The van der Waals surface area contributed by atoms with E-state index in [9.17, 15) is 4.79 Å². The molecular formula is C9H12ClNOS. The average Bonchev–Trinajstić information content (AvgIpc) is 2.46. The van der Waals surface area contributed by atoms with Gasteiger partial charge in [-0.3, -0.25) is 4.79 Å². The van der Waals surface area contributed by atoms with Crippen LogP contribution in [-0.4, -0.2) is 17.4 Å². The fourth-order valence-corrected chi connectivity index (χ4v) is 2.17. The molecule has 0 bridgehead atoms. The number of carbonyl (C=O) groups excluding carboxylic acids is 1. The summed E-state index contributed by atoms with van der Waals surface area (Å²) in [6.07, 6.45) is 0. The van der Waals surface area contributed by atoms with Crippen LogP contribution < -0.4 is 0 Å². The van der Waals surface area contributed by atoms with Crippen LogP contribution in [0.2, 0.25) is 4.34 Å². The van der Waals surface area contributed by atoms with Crippen LogP contribution in [0.3, 0.4) is 0 Å². The fraction of sp³-hybridized carbons (Fsp3) is 0.444. The molecular weight excluding hydrogens is 206 g/mol. The molecule has 1 aromatic rings. The summed E-state index contributed by atoms with van der Waals surface area (Å²) in [6.45, 7) is 4.96. The second-order valence-corrected chi connectivity index (χ2v) is 4.54. The van der Waals surface area contributed by atoms with Crippen LogP contribution in [-0.2, 0) is 11.3 Å². The maximum Gasteiger partial charge on any atom is 0.219 e. The lowest BCUT2D eigenvalue weighted by Crippen LogP contribution is -2.27. The molecule has 0 fully saturated rings. The molecule has 0 aromatic carbocycles. The van der Waals surface area contributed by atoms with E-state index in [4.69, 9.17) is 11.6 Å². The molecule has 0 saturated heterocycles. The lowest BCUT2D eigenvalue weighted by molar-refractivity contribution is -0.129. The fourth-order valence-electron chi connectivity index (χ4n) is 1.07. The first-order valence-corrected chi connectivity index (χ1v) is 5.32. The molecule has 0 saturated carbocycles. The number of hydrogen-bond acceptors (Lipinski definition) is 2. The van der Waals surface area contributed by atoms with Gasteiger partial charge in [0.05, 0.1) is 10.9 Å². The Labute approximate surface area is 87.1 Å². The third kappa shape index (κ3) is 3.01. The smallest absolute Gasteiger partial charge is 0.219 e. The molecule has 0 aliphatic rings. The summed E-state index contributed by atoms with van der Waals surface area (Å²) < 4.78 is 0.773. The second kappa shape index (κ2) is 4.63. The van der Waals surface area contributed by atoms with Gasteiger partial charge in [-0.15, -0.1) is 11.3 Å². The minimum Gasteiger partial charge on any atom is -0.338 e. The molecule has 13 heavy (non-hydrogen) atoms. The third-order valence-electron chi connectivity index (χ3n) is 1.80. The molecule has 72 valence electrons. The van der Waals surface area contributed by atoms with E-state index in [1.807, 2.05) is 19.1 Å². The van der Waals surface area contributed by atoms with E-state index in [0.717, 1.165) is 15.8 Å². The highest BCUT2D eigenvalue weighted by Crippen LogP contribution is 2.22. The SMILES string of the molecule is CCN(Cc1ccc(Cl)s1)C(C)=O. The Bertz CT molecular complexity index is 298. The van der Waals surface area contributed by atoms with E-state index in [0.29, 0.717) is 6.54 Å². The molecule has 0 spiro atoms. The number of nitrogens with zero attached hydrogens (tertiary/aromatic N) is 1. The van der Waals surface area contributed by atoms with Crippen LogP contribution in [0.1, 0.15) is 18.7 Å². The lowest BCUT2D eigenvalue weighted by atomic mass is 10.4. The summed E-state index contributed by atoms with van der Waals surface area (Å²) in [6, 6.07) is 3.81. The van der Waals surface area contributed by atoms with Crippen molar-refractivity contribution in [2.24, 2.45) is 0 Å². The summed E-state index contributed by atoms with van der Waals surface area (Å²) in [4.78, 5) is 14.0. The number of carbonyl (C=O) groups is 1. The van der Waals surface area contributed by atoms with E-state index < -0.39 is 0 Å². The number of thiophene rings is 1. The van der Waals surface area contributed by atoms with E-state index >= 15 is 0 Å². The Morgan fingerprint density at radius 1 is 1.62 bits per heavy atom. The molecule has 0 atom stereocenters. The topological polar surface area (TPSA) is 20.3 Å². The lowest BCUT2D eigenvalue weighted by Gasteiger charge is -2.17. The Morgan fingerprint density at radius 2 is 2.31 bits per heavy atom. The monoisotopic (exact) mass is 217 g/mol. The maximum atomic E-state index is 11.1. The normalized spacial score (nSPS) is 10.1. The van der Waals surface area contributed by atoms with Crippen molar-refractivity contribution in [3.05, 3.63) is 21.3 Å². The van der Waals surface area contributed by atoms with Gasteiger partial charge in [0.25, 0.3) is 0 Å². The van der Waals surface area contributed by atoms with Gasteiger partial charge >= 0.3 is 0 Å². The van der Waals surface area contributed by atoms with Crippen LogP contribution in [0, 0.1) is 0 Å². The van der Waals surface area contributed by atoms with Gasteiger partial charge in [0.15, 0.2) is 0 Å². The minimum absolute atomic E-state index is 0.104. The summed E-state index contributed by atoms with van der Waals surface area (Å²) in [5.74, 6) is 0.104. The Hall–Kier alpha value is -0.540. The highest BCUT2D eigenvalue weighted by Gasteiger charge is 2.07. The molecule has 0 aliphatic heterocycles. The Kier molecular flexibility index (Phi) is 3.75. The molecule has 1 amide bonds. The molecule has 2 nitrogen and oxygen atoms in total. The van der Waals surface area contributed by atoms with Crippen molar-refractivity contribution < 1.29 is 4.79 Å². The first-order chi connectivity index (χ1) is 6.13. The van der Waals surface area contributed by atoms with E-state index in [1.54, 1.807) is 11.8 Å². The Morgan fingerprint density at radius 3 is 2.69 bits per heavy atom. The first kappa shape index (κ1) is 10.5. The molecule has 1 rings (SSSR count). The quantitative estimate of drug-likeness (QED) is 0.763. The van der Waals surface area contributed by atoms with Crippen molar-refractivity contribution in [3.63, 3.8) is 0 Å². The largest absolute Gasteiger partial charge is 0.338 e. The summed E-state index contributed by atoms with van der Waals surface area (Å²) in [5.41, 5.74) is 0. The van der Waals surface area contributed by atoms with Crippen LogP contribution in [0.25, 0.3) is 0 Å². The molecule has 0 unspecified atom stereocenters. The van der Waals surface area contributed by atoms with Gasteiger partial charge in [-0.2, -0.15) is 0 Å². The number of halogens is 1. The van der Waals surface area contributed by atoms with Gasteiger partial charge in [-0.05, 0) is 19.1 Å². The zero-order valence-electron chi connectivity index (χ0n) is 7.71. The summed E-state index contributed by atoms with van der Waals surface area (Å²) in [5, 5.41) is 0. The molecule has 4 heteroatoms. The third-order valence-corrected chi connectivity index (χ3v) is 3.02. The van der Waals surface area contributed by atoms with Crippen LogP contribution in [0.4, 0.5) is 0 Å². The van der Waals surface area contributed by atoms with E-state index in [-0.39, 0.29) is 5.91 Å². The van der Waals surface area contributed by atoms with Crippen molar-refractivity contribution in [1.82, 2.24) is 4.90 Å². The number of hydrogen-bond donors (Lipinski definition) is 0. The van der Waals surface area contributed by atoms with Gasteiger partial charge < -0.3 is 4.90 Å². The zero-order chi connectivity index (χ0) is 9.84. The van der Waals surface area contributed by atoms with Gasteiger partial charge in [0, 0.05) is 18.3 Å². The molecule has 1 aromatic heterocycles. The maximum absolute atomic E-state index is 11.1. The highest BCUT2D eigenvalue weighted by atomic mass is 35.5. The minimum atomic E-state index is 0.104. The van der Waals surface area contributed by atoms with Crippen molar-refractivity contribution in [1.29, 1.82) is 0 Å². The predicted molar refractivity (Wildman–Crippen MR) is 56.1 cm³/mol. The Balaban J connectivity index is 2.61. The van der Waals surface area contributed by atoms with Gasteiger partial charge in [0.1, 0.15) is 0 Å². The standard InChI is InChI=1S/C9H12ClNOS/c1-3-11(7(2)12)6-8-4-5-9(10)13-8/h4-5H,3,6H2,1-2H3. The first-order valence-electron chi connectivity index (χ1n) is 4.13. The summed E-state index contributed by atoms with van der Waals surface area (Å²) >= 11 is 7.30. The van der Waals surface area contributed by atoms with Crippen LogP contribution in [0.5, 0.6) is 0 Å². The van der Waals surface area contributed by atoms with Gasteiger partial charge in [-0.25, -0.2) is 0 Å². The van der Waals surface area contributed by atoms with E-state index in [2.05, 4.69) is 0 Å². The number of amides is 1. The van der Waals surface area contributed by atoms with Crippen molar-refractivity contribution >= 4 is 28.8 Å². The molecule has 0 N–H and O–H groups in total. The van der Waals surface area contributed by atoms with E-state index in [1.165, 1.54) is 11.3 Å². The van der Waals surface area contributed by atoms with Crippen LogP contribution >= 0.6 is 22.9 Å². The molecule has 0 aliphatic carbocycles. The molecule has 1 heterocycles. The zero-order valence-corrected chi connectivity index (χ0v) is 9.28. The van der Waals surface area contributed by atoms with Crippen LogP contribution in [0.15, 0.2) is 12.1 Å². The van der Waals surface area contributed by atoms with Crippen molar-refractivity contribution in [2.45, 2.75) is 20.4 Å². The number of rotatable bonds is 3.